The Kier molecular flexibility index (Phi) is 7.24. The number of likely N-dealkylation sites (tertiary alicyclic amines) is 1. The molecule has 1 saturated heterocycles. The molecule has 0 radical (unpaired) electrons. The summed E-state index contributed by atoms with van der Waals surface area (Å²) in [5.41, 5.74) is 2.33. The zero-order chi connectivity index (χ0) is 26.6. The number of carbonyl (C=O) groups excluding carboxylic acids is 2. The Balaban J connectivity index is 1.25. The van der Waals surface area contributed by atoms with Gasteiger partial charge < -0.3 is 20.1 Å². The lowest BCUT2D eigenvalue weighted by molar-refractivity contribution is -0.138. The Morgan fingerprint density at radius 3 is 2.87 bits per heavy atom. The Labute approximate surface area is 218 Å². The van der Waals surface area contributed by atoms with Gasteiger partial charge >= 0.3 is 0 Å². The number of aliphatic hydroxyl groups is 1. The number of ether oxygens (including phenoxy) is 1. The van der Waals surface area contributed by atoms with E-state index in [-0.39, 0.29) is 48.6 Å². The van der Waals surface area contributed by atoms with Crippen molar-refractivity contribution in [1.82, 2.24) is 19.9 Å². The number of hydrogen-bond acceptors (Lipinski definition) is 8. The summed E-state index contributed by atoms with van der Waals surface area (Å²) >= 11 is 0. The zero-order valence-corrected chi connectivity index (χ0v) is 20.3. The number of nitrogens with one attached hydrogen (secondary N) is 1. The van der Waals surface area contributed by atoms with Crippen LogP contribution in [0.1, 0.15) is 29.9 Å². The Morgan fingerprint density at radius 1 is 1.26 bits per heavy atom. The summed E-state index contributed by atoms with van der Waals surface area (Å²) in [5.74, 6) is -0.0884. The molecular weight excluding hydrogens is 491 g/mol. The smallest absolute Gasteiger partial charge is 0.248 e. The molecule has 2 fully saturated rings. The van der Waals surface area contributed by atoms with Crippen LogP contribution in [0.5, 0.6) is 5.75 Å². The largest absolute Gasteiger partial charge is 0.486 e. The van der Waals surface area contributed by atoms with Crippen LogP contribution < -0.4 is 10.1 Å². The van der Waals surface area contributed by atoms with Gasteiger partial charge in [-0.05, 0) is 42.2 Å². The number of rotatable bonds is 7. The molecule has 3 heterocycles. The summed E-state index contributed by atoms with van der Waals surface area (Å²) in [6.45, 7) is -0.591. The summed E-state index contributed by atoms with van der Waals surface area (Å²) in [5, 5.41) is 21.5. The van der Waals surface area contributed by atoms with Gasteiger partial charge in [0.05, 0.1) is 17.8 Å². The highest BCUT2D eigenvalue weighted by Crippen LogP contribution is 2.47. The number of nitrogens with zero attached hydrogens (tertiary/aromatic N) is 5. The van der Waals surface area contributed by atoms with Gasteiger partial charge in [0, 0.05) is 42.9 Å². The molecule has 0 spiro atoms. The second-order valence-electron chi connectivity index (χ2n) is 9.29. The van der Waals surface area contributed by atoms with Crippen molar-refractivity contribution in [2.75, 3.05) is 25.0 Å². The molecule has 38 heavy (non-hydrogen) atoms. The molecule has 3 aromatic rings. The molecule has 4 atom stereocenters. The number of amides is 2. The number of anilines is 1. The first-order chi connectivity index (χ1) is 18.5. The average molecular weight is 517 g/mol. The van der Waals surface area contributed by atoms with Crippen molar-refractivity contribution in [1.29, 1.82) is 5.26 Å². The number of aromatic nitrogens is 3. The van der Waals surface area contributed by atoms with Gasteiger partial charge in [0.25, 0.3) is 0 Å². The fourth-order valence-corrected chi connectivity index (χ4v) is 4.64. The fourth-order valence-electron chi connectivity index (χ4n) is 4.64. The molecule has 0 unspecified atom stereocenters. The second kappa shape index (κ2) is 10.9. The minimum Gasteiger partial charge on any atom is -0.486 e. The van der Waals surface area contributed by atoms with Crippen LogP contribution in [0.15, 0.2) is 55.1 Å². The molecule has 1 aromatic carbocycles. The molecule has 1 aliphatic carbocycles. The zero-order valence-electron chi connectivity index (χ0n) is 20.3. The Hall–Kier alpha value is -4.43. The SMILES string of the molecule is N#Cc1cc(-c2cc(NC(=O)[C@@H]3C[C@H]3c3cccnc3)ncn2)ccc1O[C@H]1CCN(C(=O)CO)C[C@H]1F. The van der Waals surface area contributed by atoms with Crippen LogP contribution in [-0.2, 0) is 9.59 Å². The highest BCUT2D eigenvalue weighted by atomic mass is 19.1. The van der Waals surface area contributed by atoms with Gasteiger partial charge in [-0.25, -0.2) is 14.4 Å². The van der Waals surface area contributed by atoms with Crippen LogP contribution in [-0.4, -0.2) is 68.7 Å². The first-order valence-electron chi connectivity index (χ1n) is 12.2. The number of nitriles is 1. The molecule has 2 amide bonds. The topological polar surface area (TPSA) is 141 Å². The standard InChI is InChI=1S/C27H25FN6O4/c28-21-13-34(26(36)14-35)7-5-24(21)38-23-4-3-16(8-18(23)11-29)22-10-25(32-15-31-22)33-27(37)20-9-19(20)17-2-1-6-30-12-17/h1-4,6,8,10,12,15,19-21,24,35H,5,7,9,13-14H2,(H,31,32,33,37)/t19-,20+,21+,24-/m0/s1. The molecule has 2 aliphatic rings. The minimum atomic E-state index is -1.46. The third-order valence-electron chi connectivity index (χ3n) is 6.80. The summed E-state index contributed by atoms with van der Waals surface area (Å²) in [6, 6.07) is 12.4. The lowest BCUT2D eigenvalue weighted by Gasteiger charge is -2.34. The van der Waals surface area contributed by atoms with Gasteiger partial charge in [-0.2, -0.15) is 5.26 Å². The third kappa shape index (κ3) is 5.45. The van der Waals surface area contributed by atoms with Crippen LogP contribution in [0.4, 0.5) is 10.2 Å². The molecule has 194 valence electrons. The molecule has 0 bridgehead atoms. The first kappa shape index (κ1) is 25.2. The van der Waals surface area contributed by atoms with Crippen molar-refractivity contribution in [2.45, 2.75) is 31.0 Å². The van der Waals surface area contributed by atoms with E-state index in [1.807, 2.05) is 12.1 Å². The monoisotopic (exact) mass is 516 g/mol. The number of alkyl halides is 1. The average Bonchev–Trinajstić information content (AvgIpc) is 3.76. The fraction of sp³-hybridized carbons (Fsp3) is 0.333. The molecule has 5 rings (SSSR count). The lowest BCUT2D eigenvalue weighted by Crippen LogP contribution is -2.50. The van der Waals surface area contributed by atoms with Crippen LogP contribution in [0.25, 0.3) is 11.3 Å². The minimum absolute atomic E-state index is 0.127. The van der Waals surface area contributed by atoms with Crippen molar-refractivity contribution in [3.63, 3.8) is 0 Å². The highest BCUT2D eigenvalue weighted by Gasteiger charge is 2.44. The Morgan fingerprint density at radius 2 is 2.13 bits per heavy atom. The van der Waals surface area contributed by atoms with Crippen LogP contribution in [0.3, 0.4) is 0 Å². The van der Waals surface area contributed by atoms with Gasteiger partial charge in [0.2, 0.25) is 11.8 Å². The van der Waals surface area contributed by atoms with E-state index in [1.165, 1.54) is 11.2 Å². The molecule has 1 saturated carbocycles. The lowest BCUT2D eigenvalue weighted by atomic mass is 10.0. The number of benzene rings is 1. The van der Waals surface area contributed by atoms with E-state index in [9.17, 15) is 19.2 Å². The van der Waals surface area contributed by atoms with Crippen molar-refractivity contribution in [2.24, 2.45) is 5.92 Å². The van der Waals surface area contributed by atoms with Crippen LogP contribution in [0, 0.1) is 17.2 Å². The van der Waals surface area contributed by atoms with Gasteiger partial charge in [0.1, 0.15) is 36.7 Å². The van der Waals surface area contributed by atoms with E-state index in [1.54, 1.807) is 36.7 Å². The predicted octanol–water partition coefficient (Wildman–Crippen LogP) is 2.46. The number of aliphatic hydroxyl groups excluding tert-OH is 1. The maximum absolute atomic E-state index is 14.7. The maximum atomic E-state index is 14.7. The van der Waals surface area contributed by atoms with Crippen molar-refractivity contribution in [3.05, 3.63) is 66.2 Å². The summed E-state index contributed by atoms with van der Waals surface area (Å²) < 4.78 is 20.5. The van der Waals surface area contributed by atoms with Crippen molar-refractivity contribution >= 4 is 17.6 Å². The van der Waals surface area contributed by atoms with Gasteiger partial charge in [-0.1, -0.05) is 6.07 Å². The van der Waals surface area contributed by atoms with E-state index in [0.717, 1.165) is 12.0 Å². The van der Waals surface area contributed by atoms with E-state index in [4.69, 9.17) is 9.84 Å². The van der Waals surface area contributed by atoms with E-state index >= 15 is 0 Å². The van der Waals surface area contributed by atoms with Gasteiger partial charge in [-0.15, -0.1) is 0 Å². The number of carbonyl (C=O) groups is 2. The number of halogens is 1. The van der Waals surface area contributed by atoms with E-state index in [2.05, 4.69) is 26.3 Å². The molecular formula is C27H25FN6O4. The molecule has 11 heteroatoms. The summed E-state index contributed by atoms with van der Waals surface area (Å²) in [7, 11) is 0. The molecule has 2 aromatic heterocycles. The molecule has 10 nitrogen and oxygen atoms in total. The summed E-state index contributed by atoms with van der Waals surface area (Å²) in [6.07, 6.45) is 3.51. The van der Waals surface area contributed by atoms with Crippen LogP contribution >= 0.6 is 0 Å². The number of piperidine rings is 1. The van der Waals surface area contributed by atoms with Crippen molar-refractivity contribution < 1.29 is 23.8 Å². The van der Waals surface area contributed by atoms with Crippen LogP contribution in [0.2, 0.25) is 0 Å². The highest BCUT2D eigenvalue weighted by molar-refractivity contribution is 5.94. The van der Waals surface area contributed by atoms with E-state index < -0.39 is 24.8 Å². The van der Waals surface area contributed by atoms with E-state index in [0.29, 0.717) is 17.1 Å². The maximum Gasteiger partial charge on any atom is 0.248 e. The third-order valence-corrected chi connectivity index (χ3v) is 6.80. The molecule has 2 N–H and O–H groups in total. The Bertz CT molecular complexity index is 1380. The number of hydrogen-bond donors (Lipinski definition) is 2. The molecule has 1 aliphatic heterocycles. The van der Waals surface area contributed by atoms with Crippen molar-refractivity contribution in [3.8, 4) is 23.1 Å². The predicted molar refractivity (Wildman–Crippen MR) is 133 cm³/mol. The number of pyridine rings is 1. The first-order valence-corrected chi connectivity index (χ1v) is 12.2. The quantitative estimate of drug-likeness (QED) is 0.488. The second-order valence-corrected chi connectivity index (χ2v) is 9.29. The summed E-state index contributed by atoms with van der Waals surface area (Å²) in [4.78, 5) is 38.1. The van der Waals surface area contributed by atoms with Gasteiger partial charge in [-0.3, -0.25) is 14.6 Å². The normalized spacial score (nSPS) is 22.3. The van der Waals surface area contributed by atoms with Gasteiger partial charge in [0.15, 0.2) is 6.17 Å².